The largest absolute Gasteiger partial charge is 0.381 e. The minimum Gasteiger partial charge on any atom is -0.381 e. The molecule has 3 fully saturated rings. The highest BCUT2D eigenvalue weighted by atomic mass is 16.5. The molecule has 0 amide bonds. The van der Waals surface area contributed by atoms with E-state index in [1.807, 2.05) is 6.20 Å². The molecule has 6 rings (SSSR count). The van der Waals surface area contributed by atoms with Crippen molar-refractivity contribution < 1.29 is 9.47 Å². The van der Waals surface area contributed by atoms with Crippen LogP contribution in [-0.2, 0) is 9.47 Å². The van der Waals surface area contributed by atoms with Crippen LogP contribution in [0.5, 0.6) is 0 Å². The number of nitrogens with one attached hydrogen (secondary N) is 2. The summed E-state index contributed by atoms with van der Waals surface area (Å²) in [6, 6.07) is 6.86. The Morgan fingerprint density at radius 2 is 1.80 bits per heavy atom. The number of pyridine rings is 2. The average molecular weight is 405 g/mol. The number of aromatic amines is 1. The second kappa shape index (κ2) is 7.76. The molecule has 156 valence electrons. The fourth-order valence-corrected chi connectivity index (χ4v) is 4.92. The third-order valence-corrected chi connectivity index (χ3v) is 6.75. The molecule has 3 aromatic heterocycles. The van der Waals surface area contributed by atoms with Crippen molar-refractivity contribution in [2.24, 2.45) is 0 Å². The minimum atomic E-state index is 0.141. The standard InChI is InChI=1S/C24H28N4O2/c1-2-15(1)20-13-27-24-19(20)11-17(12-26-24)21-4-3-18(16-5-8-29-9-6-16)23(28-21)22-14-30-10-7-25-22/h3-4,11-13,15-16,22,25H,1-2,5-10,14H2,(H,26,27)/t22-/m0/s1. The zero-order chi connectivity index (χ0) is 19.9. The molecule has 5 heterocycles. The van der Waals surface area contributed by atoms with Gasteiger partial charge in [0.1, 0.15) is 5.65 Å². The Bertz CT molecular complexity index is 1050. The van der Waals surface area contributed by atoms with E-state index in [-0.39, 0.29) is 6.04 Å². The van der Waals surface area contributed by atoms with Crippen LogP contribution >= 0.6 is 0 Å². The number of hydrogen-bond donors (Lipinski definition) is 2. The van der Waals surface area contributed by atoms with Gasteiger partial charge in [0.2, 0.25) is 0 Å². The van der Waals surface area contributed by atoms with Crippen molar-refractivity contribution in [1.82, 2.24) is 20.3 Å². The summed E-state index contributed by atoms with van der Waals surface area (Å²) >= 11 is 0. The van der Waals surface area contributed by atoms with Crippen LogP contribution in [0.3, 0.4) is 0 Å². The molecular formula is C24H28N4O2. The van der Waals surface area contributed by atoms with E-state index in [1.165, 1.54) is 29.4 Å². The van der Waals surface area contributed by atoms with Crippen LogP contribution < -0.4 is 5.32 Å². The van der Waals surface area contributed by atoms with Gasteiger partial charge in [0.15, 0.2) is 0 Å². The van der Waals surface area contributed by atoms with Gasteiger partial charge in [-0.3, -0.25) is 4.98 Å². The summed E-state index contributed by atoms with van der Waals surface area (Å²) in [5.41, 5.74) is 6.93. The predicted octanol–water partition coefficient (Wildman–Crippen LogP) is 4.06. The third kappa shape index (κ3) is 3.43. The van der Waals surface area contributed by atoms with Crippen LogP contribution in [0.4, 0.5) is 0 Å². The molecule has 0 unspecified atom stereocenters. The molecule has 2 aliphatic heterocycles. The van der Waals surface area contributed by atoms with Gasteiger partial charge in [-0.25, -0.2) is 4.98 Å². The highest BCUT2D eigenvalue weighted by Gasteiger charge is 2.28. The van der Waals surface area contributed by atoms with Crippen LogP contribution in [0.15, 0.2) is 30.6 Å². The van der Waals surface area contributed by atoms with Gasteiger partial charge in [0.25, 0.3) is 0 Å². The number of ether oxygens (including phenoxy) is 2. The lowest BCUT2D eigenvalue weighted by Gasteiger charge is -2.29. The maximum absolute atomic E-state index is 5.78. The van der Waals surface area contributed by atoms with Gasteiger partial charge >= 0.3 is 0 Å². The normalized spacial score (nSPS) is 23.1. The second-order valence-corrected chi connectivity index (χ2v) is 8.78. The molecule has 1 aliphatic carbocycles. The third-order valence-electron chi connectivity index (χ3n) is 6.75. The van der Waals surface area contributed by atoms with E-state index in [2.05, 4.69) is 34.7 Å². The van der Waals surface area contributed by atoms with E-state index in [9.17, 15) is 0 Å². The number of hydrogen-bond acceptors (Lipinski definition) is 5. The van der Waals surface area contributed by atoms with Crippen LogP contribution in [0.2, 0.25) is 0 Å². The molecule has 0 spiro atoms. The Morgan fingerprint density at radius 1 is 0.933 bits per heavy atom. The molecule has 0 bridgehead atoms. The summed E-state index contributed by atoms with van der Waals surface area (Å²) in [6.07, 6.45) is 8.77. The van der Waals surface area contributed by atoms with Crippen molar-refractivity contribution >= 4 is 11.0 Å². The number of aromatic nitrogens is 3. The van der Waals surface area contributed by atoms with Gasteiger partial charge in [-0.15, -0.1) is 0 Å². The summed E-state index contributed by atoms with van der Waals surface area (Å²) in [5, 5.41) is 4.85. The van der Waals surface area contributed by atoms with E-state index < -0.39 is 0 Å². The summed E-state index contributed by atoms with van der Waals surface area (Å²) < 4.78 is 11.4. The van der Waals surface area contributed by atoms with E-state index in [4.69, 9.17) is 19.4 Å². The monoisotopic (exact) mass is 404 g/mol. The quantitative estimate of drug-likeness (QED) is 0.686. The van der Waals surface area contributed by atoms with Gasteiger partial charge in [-0.1, -0.05) is 6.07 Å². The molecule has 3 aliphatic rings. The fourth-order valence-electron chi connectivity index (χ4n) is 4.92. The summed E-state index contributed by atoms with van der Waals surface area (Å²) in [6.45, 7) is 3.97. The van der Waals surface area contributed by atoms with E-state index in [1.54, 1.807) is 0 Å². The van der Waals surface area contributed by atoms with Crippen LogP contribution in [-0.4, -0.2) is 47.9 Å². The number of H-pyrrole nitrogens is 1. The smallest absolute Gasteiger partial charge is 0.137 e. The van der Waals surface area contributed by atoms with Crippen molar-refractivity contribution in [3.05, 3.63) is 47.4 Å². The highest BCUT2D eigenvalue weighted by Crippen LogP contribution is 2.43. The second-order valence-electron chi connectivity index (χ2n) is 8.78. The minimum absolute atomic E-state index is 0.141. The molecular weight excluding hydrogens is 376 g/mol. The Balaban J connectivity index is 1.41. The lowest BCUT2D eigenvalue weighted by molar-refractivity contribution is 0.0727. The van der Waals surface area contributed by atoms with E-state index in [0.717, 1.165) is 61.8 Å². The molecule has 30 heavy (non-hydrogen) atoms. The lowest BCUT2D eigenvalue weighted by atomic mass is 9.88. The van der Waals surface area contributed by atoms with Crippen molar-refractivity contribution in [2.75, 3.05) is 33.0 Å². The molecule has 6 nitrogen and oxygen atoms in total. The van der Waals surface area contributed by atoms with Gasteiger partial charge in [-0.05, 0) is 60.8 Å². The zero-order valence-corrected chi connectivity index (χ0v) is 17.2. The van der Waals surface area contributed by atoms with Crippen molar-refractivity contribution in [3.8, 4) is 11.3 Å². The van der Waals surface area contributed by atoms with Crippen LogP contribution in [0.25, 0.3) is 22.3 Å². The maximum Gasteiger partial charge on any atom is 0.137 e. The SMILES string of the molecule is c1nc2[nH]cc(C3CC3)c2cc1-c1ccc(C2CCOCC2)c([C@@H]2COCCN2)n1. The van der Waals surface area contributed by atoms with Gasteiger partial charge in [0, 0.05) is 43.1 Å². The Morgan fingerprint density at radius 3 is 2.60 bits per heavy atom. The topological polar surface area (TPSA) is 72.1 Å². The number of fused-ring (bicyclic) bond motifs is 1. The van der Waals surface area contributed by atoms with Crippen LogP contribution in [0.1, 0.15) is 60.4 Å². The maximum atomic E-state index is 5.78. The molecule has 1 atom stereocenters. The van der Waals surface area contributed by atoms with Gasteiger partial charge in [-0.2, -0.15) is 0 Å². The van der Waals surface area contributed by atoms with Crippen molar-refractivity contribution in [3.63, 3.8) is 0 Å². The van der Waals surface area contributed by atoms with E-state index >= 15 is 0 Å². The Hall–Kier alpha value is -2.28. The first-order valence-electron chi connectivity index (χ1n) is 11.2. The molecule has 2 N–H and O–H groups in total. The number of nitrogens with zero attached hydrogens (tertiary/aromatic N) is 2. The first kappa shape index (κ1) is 18.5. The van der Waals surface area contributed by atoms with E-state index in [0.29, 0.717) is 18.4 Å². The fraction of sp³-hybridized carbons (Fsp3) is 0.500. The van der Waals surface area contributed by atoms with Crippen molar-refractivity contribution in [2.45, 2.75) is 43.6 Å². The van der Waals surface area contributed by atoms with Gasteiger partial charge < -0.3 is 19.8 Å². The lowest BCUT2D eigenvalue weighted by Crippen LogP contribution is -2.36. The Labute approximate surface area is 176 Å². The molecule has 1 saturated carbocycles. The molecule has 0 aromatic carbocycles. The van der Waals surface area contributed by atoms with Crippen molar-refractivity contribution in [1.29, 1.82) is 0 Å². The molecule has 2 saturated heterocycles. The highest BCUT2D eigenvalue weighted by molar-refractivity contribution is 5.85. The first-order valence-corrected chi connectivity index (χ1v) is 11.2. The van der Waals surface area contributed by atoms with Gasteiger partial charge in [0.05, 0.1) is 30.6 Å². The molecule has 6 heteroatoms. The number of morpholine rings is 1. The summed E-state index contributed by atoms with van der Waals surface area (Å²) in [5.74, 6) is 1.20. The molecule has 3 aromatic rings. The Kier molecular flexibility index (Phi) is 4.78. The first-order chi connectivity index (χ1) is 14.9. The molecule has 0 radical (unpaired) electrons. The van der Waals surface area contributed by atoms with Crippen LogP contribution in [0, 0.1) is 0 Å². The predicted molar refractivity (Wildman–Crippen MR) is 116 cm³/mol. The summed E-state index contributed by atoms with van der Waals surface area (Å²) in [4.78, 5) is 13.2. The number of rotatable bonds is 4. The average Bonchev–Trinajstić information content (AvgIpc) is 3.58. The summed E-state index contributed by atoms with van der Waals surface area (Å²) in [7, 11) is 0. The zero-order valence-electron chi connectivity index (χ0n) is 17.2.